The summed E-state index contributed by atoms with van der Waals surface area (Å²) in [4.78, 5) is 26.9. The second kappa shape index (κ2) is 10.2. The first-order valence-corrected chi connectivity index (χ1v) is 14.8. The molecule has 1 aliphatic carbocycles. The Morgan fingerprint density at radius 3 is 1.70 bits per heavy atom. The SMILES string of the molecule is CCn1c(C=C2C(=O)c3cc4ccccc4cc3C2=O)cc2oc(-c3c(-c4ccccc4)cccc3-c3ccccc3)cc21. The molecule has 0 bridgehead atoms. The van der Waals surface area contributed by atoms with Gasteiger partial charge < -0.3 is 8.98 Å². The molecule has 5 aromatic carbocycles. The molecule has 0 amide bonds. The first kappa shape index (κ1) is 25.9. The number of ketones is 2. The lowest BCUT2D eigenvalue weighted by Crippen LogP contribution is -2.03. The summed E-state index contributed by atoms with van der Waals surface area (Å²) in [7, 11) is 0. The van der Waals surface area contributed by atoms with Gasteiger partial charge in [0, 0.05) is 41.1 Å². The van der Waals surface area contributed by atoms with E-state index in [0.717, 1.165) is 55.6 Å². The molecule has 4 nitrogen and oxygen atoms in total. The Labute approximate surface area is 254 Å². The van der Waals surface area contributed by atoms with Crippen LogP contribution in [0.4, 0.5) is 0 Å². The lowest BCUT2D eigenvalue weighted by Gasteiger charge is -2.14. The summed E-state index contributed by atoms with van der Waals surface area (Å²) in [5.41, 5.74) is 8.90. The lowest BCUT2D eigenvalue weighted by molar-refractivity contribution is 0.0990. The number of hydrogen-bond acceptors (Lipinski definition) is 3. The highest BCUT2D eigenvalue weighted by Crippen LogP contribution is 2.43. The standard InChI is InChI=1S/C40H27NO3/c1-2-41-29(22-34-39(42)32-20-27-16-9-10-17-28(27)21-33(32)40(34)43)23-36-35(41)24-37(44-36)38-30(25-12-5-3-6-13-25)18-11-19-31(38)26-14-7-4-8-15-26/h3-24H,2H2,1H3. The van der Waals surface area contributed by atoms with Crippen molar-refractivity contribution in [2.45, 2.75) is 13.5 Å². The largest absolute Gasteiger partial charge is 0.454 e. The van der Waals surface area contributed by atoms with Crippen LogP contribution in [0, 0.1) is 0 Å². The maximum absolute atomic E-state index is 13.5. The van der Waals surface area contributed by atoms with E-state index in [4.69, 9.17) is 4.42 Å². The molecule has 0 fully saturated rings. The third-order valence-corrected chi connectivity index (χ3v) is 8.57. The summed E-state index contributed by atoms with van der Waals surface area (Å²) in [5, 5.41) is 1.89. The number of aryl methyl sites for hydroxylation is 1. The Morgan fingerprint density at radius 1 is 0.614 bits per heavy atom. The molecule has 0 saturated carbocycles. The third-order valence-electron chi connectivity index (χ3n) is 8.57. The number of carbonyl (C=O) groups excluding carboxylic acids is 2. The van der Waals surface area contributed by atoms with Crippen LogP contribution in [0.15, 0.2) is 137 Å². The van der Waals surface area contributed by atoms with Gasteiger partial charge in [-0.1, -0.05) is 103 Å². The Morgan fingerprint density at radius 2 is 1.16 bits per heavy atom. The van der Waals surface area contributed by atoms with Gasteiger partial charge in [-0.25, -0.2) is 0 Å². The lowest BCUT2D eigenvalue weighted by atomic mass is 9.90. The molecule has 8 rings (SSSR count). The number of rotatable bonds is 5. The fraction of sp³-hybridized carbons (Fsp3) is 0.0500. The van der Waals surface area contributed by atoms with Gasteiger partial charge in [-0.05, 0) is 58.2 Å². The number of carbonyl (C=O) groups is 2. The van der Waals surface area contributed by atoms with Gasteiger partial charge in [-0.15, -0.1) is 0 Å². The summed E-state index contributed by atoms with van der Waals surface area (Å²) in [6, 6.07) is 42.5. The van der Waals surface area contributed by atoms with Crippen molar-refractivity contribution in [3.05, 3.63) is 150 Å². The zero-order valence-corrected chi connectivity index (χ0v) is 24.1. The fourth-order valence-electron chi connectivity index (χ4n) is 6.48. The number of Topliss-reactive ketones (excluding diaryl/α,β-unsaturated/α-hetero) is 2. The quantitative estimate of drug-likeness (QED) is 0.153. The summed E-state index contributed by atoms with van der Waals surface area (Å²) in [5.74, 6) is 0.296. The van der Waals surface area contributed by atoms with Crippen molar-refractivity contribution in [1.29, 1.82) is 0 Å². The molecule has 2 heterocycles. The number of aromatic nitrogens is 1. The summed E-state index contributed by atoms with van der Waals surface area (Å²) < 4.78 is 8.71. The van der Waals surface area contributed by atoms with Crippen molar-refractivity contribution in [2.24, 2.45) is 0 Å². The second-order valence-electron chi connectivity index (χ2n) is 11.1. The van der Waals surface area contributed by atoms with Gasteiger partial charge in [0.25, 0.3) is 0 Å². The highest BCUT2D eigenvalue weighted by Gasteiger charge is 2.34. The van der Waals surface area contributed by atoms with Crippen LogP contribution in [0.5, 0.6) is 0 Å². The van der Waals surface area contributed by atoms with Crippen LogP contribution in [0.25, 0.3) is 61.5 Å². The molecule has 0 aliphatic heterocycles. The highest BCUT2D eigenvalue weighted by atomic mass is 16.3. The van der Waals surface area contributed by atoms with E-state index in [1.807, 2.05) is 78.9 Å². The summed E-state index contributed by atoms with van der Waals surface area (Å²) in [6.07, 6.45) is 1.72. The zero-order chi connectivity index (χ0) is 29.8. The monoisotopic (exact) mass is 569 g/mol. The van der Waals surface area contributed by atoms with Crippen molar-refractivity contribution in [2.75, 3.05) is 0 Å². The molecule has 0 unspecified atom stereocenters. The van der Waals surface area contributed by atoms with Gasteiger partial charge in [-0.2, -0.15) is 0 Å². The Kier molecular flexibility index (Phi) is 6.02. The van der Waals surface area contributed by atoms with Crippen LogP contribution in [0.1, 0.15) is 33.3 Å². The van der Waals surface area contributed by atoms with Gasteiger partial charge in [0.05, 0.1) is 11.1 Å². The number of nitrogens with zero attached hydrogens (tertiary/aromatic N) is 1. The van der Waals surface area contributed by atoms with E-state index < -0.39 is 0 Å². The first-order chi connectivity index (χ1) is 21.6. The molecule has 0 spiro atoms. The van der Waals surface area contributed by atoms with E-state index in [1.165, 1.54) is 0 Å². The van der Waals surface area contributed by atoms with Crippen molar-refractivity contribution >= 4 is 39.5 Å². The van der Waals surface area contributed by atoms with Crippen LogP contribution >= 0.6 is 0 Å². The minimum atomic E-state index is -0.235. The molecule has 1 aliphatic rings. The number of fused-ring (bicyclic) bond motifs is 3. The number of hydrogen-bond donors (Lipinski definition) is 0. The van der Waals surface area contributed by atoms with Crippen LogP contribution in [-0.2, 0) is 6.54 Å². The smallest absolute Gasteiger partial charge is 0.197 e. The van der Waals surface area contributed by atoms with Crippen LogP contribution < -0.4 is 0 Å². The molecular formula is C40H27NO3. The minimum Gasteiger partial charge on any atom is -0.454 e. The molecule has 4 heteroatoms. The first-order valence-electron chi connectivity index (χ1n) is 14.8. The molecule has 7 aromatic rings. The van der Waals surface area contributed by atoms with E-state index in [0.29, 0.717) is 23.3 Å². The van der Waals surface area contributed by atoms with Crippen LogP contribution in [0.2, 0.25) is 0 Å². The molecule has 44 heavy (non-hydrogen) atoms. The van der Waals surface area contributed by atoms with Crippen LogP contribution in [-0.4, -0.2) is 16.1 Å². The van der Waals surface area contributed by atoms with Gasteiger partial charge in [0.2, 0.25) is 0 Å². The molecule has 0 atom stereocenters. The van der Waals surface area contributed by atoms with E-state index in [1.54, 1.807) is 6.08 Å². The number of benzene rings is 5. The van der Waals surface area contributed by atoms with Crippen molar-refractivity contribution < 1.29 is 14.0 Å². The molecule has 0 radical (unpaired) electrons. The molecule has 0 saturated heterocycles. The average molecular weight is 570 g/mol. The van der Waals surface area contributed by atoms with Crippen molar-refractivity contribution in [3.8, 4) is 33.6 Å². The summed E-state index contributed by atoms with van der Waals surface area (Å²) in [6.45, 7) is 2.70. The average Bonchev–Trinajstić information content (AvgIpc) is 3.70. The van der Waals surface area contributed by atoms with Crippen molar-refractivity contribution in [1.82, 2.24) is 4.57 Å². The third kappa shape index (κ3) is 4.07. The number of furan rings is 1. The topological polar surface area (TPSA) is 52.2 Å². The minimum absolute atomic E-state index is 0.186. The van der Waals surface area contributed by atoms with E-state index in [-0.39, 0.29) is 17.1 Å². The van der Waals surface area contributed by atoms with Crippen molar-refractivity contribution in [3.63, 3.8) is 0 Å². The normalized spacial score (nSPS) is 12.8. The molecular weight excluding hydrogens is 542 g/mol. The summed E-state index contributed by atoms with van der Waals surface area (Å²) >= 11 is 0. The zero-order valence-electron chi connectivity index (χ0n) is 24.1. The molecule has 2 aromatic heterocycles. The van der Waals surface area contributed by atoms with E-state index >= 15 is 0 Å². The number of allylic oxidation sites excluding steroid dienone is 1. The van der Waals surface area contributed by atoms with Gasteiger partial charge >= 0.3 is 0 Å². The second-order valence-corrected chi connectivity index (χ2v) is 11.1. The van der Waals surface area contributed by atoms with Crippen LogP contribution in [0.3, 0.4) is 0 Å². The van der Waals surface area contributed by atoms with E-state index in [2.05, 4.69) is 60.0 Å². The van der Waals surface area contributed by atoms with Gasteiger partial charge in [-0.3, -0.25) is 9.59 Å². The molecule has 210 valence electrons. The maximum atomic E-state index is 13.5. The Hall–Kier alpha value is -5.74. The fourth-order valence-corrected chi connectivity index (χ4v) is 6.48. The molecule has 0 N–H and O–H groups in total. The van der Waals surface area contributed by atoms with E-state index in [9.17, 15) is 9.59 Å². The maximum Gasteiger partial charge on any atom is 0.197 e. The predicted octanol–water partition coefficient (Wildman–Crippen LogP) is 9.87. The predicted molar refractivity (Wildman–Crippen MR) is 177 cm³/mol. The Bertz CT molecular complexity index is 2170. The Balaban J connectivity index is 1.26. The van der Waals surface area contributed by atoms with Gasteiger partial charge in [0.1, 0.15) is 5.76 Å². The van der Waals surface area contributed by atoms with Gasteiger partial charge in [0.15, 0.2) is 17.1 Å². The highest BCUT2D eigenvalue weighted by molar-refractivity contribution is 6.42.